The van der Waals surface area contributed by atoms with E-state index in [1.54, 1.807) is 5.38 Å². The van der Waals surface area contributed by atoms with Crippen molar-refractivity contribution in [1.82, 2.24) is 25.9 Å². The van der Waals surface area contributed by atoms with Crippen LogP contribution in [0.3, 0.4) is 0 Å². The molecular weight excluding hydrogens is 562 g/mol. The molecule has 1 aromatic heterocycles. The van der Waals surface area contributed by atoms with Gasteiger partial charge in [0.1, 0.15) is 12.3 Å². The topological polar surface area (TPSA) is 207 Å². The number of Topliss-reactive ketones (excluding diaryl/α,β-unsaturated/α-hetero) is 2. The number of nitrogens with zero attached hydrogens (tertiary/aromatic N) is 2. The number of aromatic nitrogens is 1. The van der Waals surface area contributed by atoms with Gasteiger partial charge in [-0.1, -0.05) is 47.5 Å². The third-order valence-electron chi connectivity index (χ3n) is 7.22. The molecule has 0 bridgehead atoms. The number of hydrogen-bond donors (Lipinski definition) is 5. The van der Waals surface area contributed by atoms with Crippen molar-refractivity contribution in [3.8, 4) is 0 Å². The first-order chi connectivity index (χ1) is 19.6. The highest BCUT2D eigenvalue weighted by atomic mass is 32.1. The smallest absolute Gasteiger partial charge is 0.316 e. The van der Waals surface area contributed by atoms with Crippen molar-refractivity contribution in [1.29, 1.82) is 0 Å². The van der Waals surface area contributed by atoms with Gasteiger partial charge >= 0.3 is 6.03 Å². The summed E-state index contributed by atoms with van der Waals surface area (Å²) in [7, 11) is 0. The Labute approximate surface area is 250 Å². The number of amides is 4. The number of rotatable bonds is 12. The van der Waals surface area contributed by atoms with E-state index < -0.39 is 47.3 Å². The Bertz CT molecular complexity index is 1140. The fourth-order valence-corrected chi connectivity index (χ4v) is 5.36. The number of nitrogens with one attached hydrogen (secondary N) is 3. The van der Waals surface area contributed by atoms with E-state index in [4.69, 9.17) is 11.6 Å². The number of aldehydes is 1. The highest BCUT2D eigenvalue weighted by Crippen LogP contribution is 2.33. The maximum absolute atomic E-state index is 13.1. The molecule has 0 spiro atoms. The SMILES string of the molecule is Cc1csc(C(=O)C(NC(=O)NC(C(=O)N2CCCC2C=O)C(C)(C)C)C(C)C)n1.NNC(CC1CC1)C(=O)C(N)=O. The van der Waals surface area contributed by atoms with E-state index in [-0.39, 0.29) is 17.6 Å². The monoisotopic (exact) mass is 607 g/mol. The summed E-state index contributed by atoms with van der Waals surface area (Å²) in [5.74, 6) is 3.41. The van der Waals surface area contributed by atoms with E-state index in [0.717, 1.165) is 31.2 Å². The number of thiazole rings is 1. The molecule has 1 saturated heterocycles. The molecule has 4 atom stereocenters. The van der Waals surface area contributed by atoms with E-state index in [1.165, 1.54) is 16.2 Å². The zero-order valence-electron chi connectivity index (χ0n) is 25.3. The van der Waals surface area contributed by atoms with Crippen LogP contribution in [0.15, 0.2) is 5.38 Å². The molecule has 234 valence electrons. The largest absolute Gasteiger partial charge is 0.363 e. The lowest BCUT2D eigenvalue weighted by Crippen LogP contribution is -2.59. The minimum absolute atomic E-state index is 0.158. The molecule has 0 radical (unpaired) electrons. The summed E-state index contributed by atoms with van der Waals surface area (Å²) in [6.07, 6.45) is 5.03. The number of nitrogens with two attached hydrogens (primary N) is 2. The molecule has 3 rings (SSSR count). The summed E-state index contributed by atoms with van der Waals surface area (Å²) in [4.78, 5) is 77.3. The van der Waals surface area contributed by atoms with Gasteiger partial charge in [0.25, 0.3) is 5.91 Å². The summed E-state index contributed by atoms with van der Waals surface area (Å²) >= 11 is 1.25. The van der Waals surface area contributed by atoms with Crippen molar-refractivity contribution in [3.05, 3.63) is 16.1 Å². The van der Waals surface area contributed by atoms with Gasteiger partial charge in [0.05, 0.1) is 18.1 Å². The van der Waals surface area contributed by atoms with Crippen molar-refractivity contribution in [2.75, 3.05) is 6.54 Å². The van der Waals surface area contributed by atoms with Crippen LogP contribution in [0.5, 0.6) is 0 Å². The molecule has 4 amide bonds. The average Bonchev–Trinajstić information content (AvgIpc) is 3.42. The molecule has 14 heteroatoms. The first kappa shape index (κ1) is 35.0. The Balaban J connectivity index is 0.000000428. The van der Waals surface area contributed by atoms with Crippen molar-refractivity contribution in [3.63, 3.8) is 0 Å². The number of primary amides is 1. The summed E-state index contributed by atoms with van der Waals surface area (Å²) in [6, 6.07) is -3.23. The van der Waals surface area contributed by atoms with E-state index in [2.05, 4.69) is 21.0 Å². The van der Waals surface area contributed by atoms with Crippen LogP contribution in [0.1, 0.15) is 82.2 Å². The molecule has 2 fully saturated rings. The predicted molar refractivity (Wildman–Crippen MR) is 158 cm³/mol. The maximum atomic E-state index is 13.1. The van der Waals surface area contributed by atoms with Crippen molar-refractivity contribution in [2.24, 2.45) is 28.8 Å². The van der Waals surface area contributed by atoms with E-state index in [1.807, 2.05) is 41.5 Å². The number of carbonyl (C=O) groups is 6. The van der Waals surface area contributed by atoms with E-state index in [9.17, 15) is 28.8 Å². The third kappa shape index (κ3) is 9.95. The number of hydrogen-bond acceptors (Lipinski definition) is 10. The second-order valence-corrected chi connectivity index (χ2v) is 13.2. The molecular formula is C28H45N7O6S. The minimum Gasteiger partial charge on any atom is -0.363 e. The van der Waals surface area contributed by atoms with E-state index in [0.29, 0.717) is 30.3 Å². The van der Waals surface area contributed by atoms with Crippen LogP contribution >= 0.6 is 11.3 Å². The van der Waals surface area contributed by atoms with Gasteiger partial charge in [-0.15, -0.1) is 11.3 Å². The molecule has 2 heterocycles. The van der Waals surface area contributed by atoms with Gasteiger partial charge in [0, 0.05) is 17.6 Å². The molecule has 1 saturated carbocycles. The molecule has 1 aromatic rings. The summed E-state index contributed by atoms with van der Waals surface area (Å²) in [5.41, 5.74) is 7.31. The molecule has 1 aliphatic heterocycles. The Morgan fingerprint density at radius 3 is 2.24 bits per heavy atom. The average molecular weight is 608 g/mol. The maximum Gasteiger partial charge on any atom is 0.316 e. The number of aryl methyl sites for hydroxylation is 1. The van der Waals surface area contributed by atoms with Crippen LogP contribution in [0.4, 0.5) is 4.79 Å². The second kappa shape index (κ2) is 15.3. The fraction of sp³-hybridized carbons (Fsp3) is 0.679. The van der Waals surface area contributed by atoms with Crippen LogP contribution in [0, 0.1) is 24.2 Å². The molecule has 42 heavy (non-hydrogen) atoms. The standard InChI is InChI=1S/C21H32N4O4S.C7H13N3O2/c1-12(2)15(16(27)18-22-13(3)11-30-18)23-20(29)24-17(21(4,5)6)19(28)25-9-7-8-14(25)10-26;8-7(12)6(11)5(10-9)3-4-1-2-4/h10-12,14-15,17H,7-9H2,1-6H3,(H2,23,24,29);4-5,10H,1-3,9H2,(H2,8,12). The Hall–Kier alpha value is -3.23. The lowest BCUT2D eigenvalue weighted by Gasteiger charge is -2.35. The number of likely N-dealkylation sites (tertiary alicyclic amines) is 1. The van der Waals surface area contributed by atoms with Crippen LogP contribution in [0.2, 0.25) is 0 Å². The summed E-state index contributed by atoms with van der Waals surface area (Å²) < 4.78 is 0. The number of carbonyl (C=O) groups excluding carboxylic acids is 6. The summed E-state index contributed by atoms with van der Waals surface area (Å²) in [5, 5.41) is 7.61. The molecule has 13 nitrogen and oxygen atoms in total. The van der Waals surface area contributed by atoms with Gasteiger partial charge < -0.3 is 26.1 Å². The van der Waals surface area contributed by atoms with Gasteiger partial charge in [-0.2, -0.15) is 0 Å². The Kier molecular flexibility index (Phi) is 12.7. The lowest BCUT2D eigenvalue weighted by molar-refractivity contribution is -0.138. The Morgan fingerprint density at radius 2 is 1.79 bits per heavy atom. The fourth-order valence-electron chi connectivity index (χ4n) is 4.58. The highest BCUT2D eigenvalue weighted by molar-refractivity contribution is 7.11. The second-order valence-electron chi connectivity index (χ2n) is 12.3. The van der Waals surface area contributed by atoms with Crippen molar-refractivity contribution < 1.29 is 28.8 Å². The zero-order chi connectivity index (χ0) is 31.8. The molecule has 4 unspecified atom stereocenters. The van der Waals surface area contributed by atoms with E-state index >= 15 is 0 Å². The van der Waals surface area contributed by atoms with Crippen LogP contribution in [-0.2, 0) is 19.2 Å². The first-order valence-corrected chi connectivity index (χ1v) is 15.1. The van der Waals surface area contributed by atoms with Gasteiger partial charge in [-0.3, -0.25) is 25.0 Å². The normalized spacial score (nSPS) is 18.8. The lowest BCUT2D eigenvalue weighted by atomic mass is 9.85. The van der Waals surface area contributed by atoms with Crippen molar-refractivity contribution >= 4 is 47.0 Å². The van der Waals surface area contributed by atoms with Gasteiger partial charge in [0.15, 0.2) is 5.01 Å². The zero-order valence-corrected chi connectivity index (χ0v) is 26.1. The van der Waals surface area contributed by atoms with Crippen LogP contribution in [-0.4, -0.2) is 76.3 Å². The number of ketones is 2. The molecule has 0 aromatic carbocycles. The molecule has 1 aliphatic carbocycles. The molecule has 2 aliphatic rings. The van der Waals surface area contributed by atoms with Crippen molar-refractivity contribution in [2.45, 2.75) is 97.8 Å². The highest BCUT2D eigenvalue weighted by Gasteiger charge is 2.40. The van der Waals surface area contributed by atoms with Gasteiger partial charge in [-0.25, -0.2) is 15.2 Å². The number of urea groups is 1. The predicted octanol–water partition coefficient (Wildman–Crippen LogP) is 1.24. The van der Waals surface area contributed by atoms with Gasteiger partial charge in [-0.05, 0) is 43.4 Å². The van der Waals surface area contributed by atoms with Crippen LogP contribution < -0.4 is 27.6 Å². The first-order valence-electron chi connectivity index (χ1n) is 14.2. The quantitative estimate of drug-likeness (QED) is 0.0760. The number of hydrazine groups is 1. The van der Waals surface area contributed by atoms with Gasteiger partial charge in [0.2, 0.25) is 17.5 Å². The molecule has 7 N–H and O–H groups in total. The summed E-state index contributed by atoms with van der Waals surface area (Å²) in [6.45, 7) is 11.5. The minimum atomic E-state index is -0.918. The van der Waals surface area contributed by atoms with Crippen LogP contribution in [0.25, 0.3) is 0 Å². The Morgan fingerprint density at radius 1 is 1.14 bits per heavy atom. The third-order valence-corrected chi connectivity index (χ3v) is 8.19.